The molecule has 0 saturated carbocycles. The smallest absolute Gasteiger partial charge is 0.168 e. The molecule has 0 unspecified atom stereocenters. The van der Waals surface area contributed by atoms with Gasteiger partial charge < -0.3 is 4.74 Å². The Balaban J connectivity index is 1.96. The van der Waals surface area contributed by atoms with E-state index in [9.17, 15) is 4.79 Å². The van der Waals surface area contributed by atoms with Crippen LogP contribution < -0.4 is 4.74 Å². The maximum atomic E-state index is 10.4. The van der Waals surface area contributed by atoms with Crippen molar-refractivity contribution in [3.63, 3.8) is 0 Å². The second kappa shape index (κ2) is 4.85. The minimum Gasteiger partial charge on any atom is -0.486 e. The monoisotopic (exact) mass is 234 g/mol. The fourth-order valence-corrected chi connectivity index (χ4v) is 1.78. The summed E-state index contributed by atoms with van der Waals surface area (Å²) in [7, 11) is 0. The lowest BCUT2D eigenvalue weighted by atomic mass is 10.4. The van der Waals surface area contributed by atoms with Crippen molar-refractivity contribution in [3.05, 3.63) is 40.1 Å². The number of rotatable bonds is 4. The highest BCUT2D eigenvalue weighted by Crippen LogP contribution is 2.13. The van der Waals surface area contributed by atoms with Crippen LogP contribution in [0.1, 0.15) is 21.2 Å². The Hall–Kier alpha value is -1.75. The summed E-state index contributed by atoms with van der Waals surface area (Å²) in [5, 5.41) is 2.98. The molecule has 0 atom stereocenters. The zero-order valence-corrected chi connectivity index (χ0v) is 9.53. The molecule has 2 heterocycles. The molecule has 0 aromatic carbocycles. The summed E-state index contributed by atoms with van der Waals surface area (Å²) < 4.78 is 5.47. The molecule has 0 amide bonds. The van der Waals surface area contributed by atoms with Gasteiger partial charge in [-0.25, -0.2) is 9.97 Å². The number of aryl methyl sites for hydroxylation is 1. The van der Waals surface area contributed by atoms with E-state index >= 15 is 0 Å². The van der Waals surface area contributed by atoms with Crippen molar-refractivity contribution in [2.75, 3.05) is 0 Å². The fraction of sp³-hybridized carbons (Fsp3) is 0.182. The van der Waals surface area contributed by atoms with Crippen LogP contribution in [0.4, 0.5) is 0 Å². The zero-order chi connectivity index (χ0) is 11.4. The van der Waals surface area contributed by atoms with Crippen molar-refractivity contribution in [1.82, 2.24) is 9.97 Å². The van der Waals surface area contributed by atoms with E-state index in [2.05, 4.69) is 9.97 Å². The predicted molar refractivity (Wildman–Crippen MR) is 60.8 cm³/mol. The molecular weight excluding hydrogens is 224 g/mol. The molecule has 0 aliphatic heterocycles. The molecule has 0 saturated heterocycles. The molecule has 0 aliphatic carbocycles. The molecule has 2 rings (SSSR count). The van der Waals surface area contributed by atoms with Gasteiger partial charge in [0.1, 0.15) is 18.1 Å². The van der Waals surface area contributed by atoms with Crippen LogP contribution in [0, 0.1) is 6.92 Å². The van der Waals surface area contributed by atoms with Crippen LogP contribution in [0.2, 0.25) is 0 Å². The number of thiazole rings is 1. The van der Waals surface area contributed by atoms with E-state index in [-0.39, 0.29) is 0 Å². The highest BCUT2D eigenvalue weighted by Gasteiger charge is 2.00. The molecule has 0 aliphatic rings. The highest BCUT2D eigenvalue weighted by molar-refractivity contribution is 7.09. The van der Waals surface area contributed by atoms with Gasteiger partial charge in [-0.05, 0) is 19.1 Å². The molecule has 5 heteroatoms. The lowest BCUT2D eigenvalue weighted by Crippen LogP contribution is -1.96. The third-order valence-electron chi connectivity index (χ3n) is 1.93. The number of aldehydes is 1. The topological polar surface area (TPSA) is 52.1 Å². The Labute approximate surface area is 96.9 Å². The summed E-state index contributed by atoms with van der Waals surface area (Å²) in [4.78, 5) is 18.6. The quantitative estimate of drug-likeness (QED) is 0.761. The molecule has 0 N–H and O–H groups in total. The number of hydrogen-bond acceptors (Lipinski definition) is 5. The van der Waals surface area contributed by atoms with Crippen molar-refractivity contribution < 1.29 is 9.53 Å². The van der Waals surface area contributed by atoms with E-state index in [4.69, 9.17) is 4.74 Å². The molecule has 0 spiro atoms. The predicted octanol–water partition coefficient (Wildman–Crippen LogP) is 2.24. The third kappa shape index (κ3) is 2.64. The first-order chi connectivity index (χ1) is 7.78. The Morgan fingerprint density at radius 1 is 1.50 bits per heavy atom. The normalized spacial score (nSPS) is 10.1. The Morgan fingerprint density at radius 2 is 2.38 bits per heavy atom. The van der Waals surface area contributed by atoms with Crippen LogP contribution >= 0.6 is 11.3 Å². The van der Waals surface area contributed by atoms with Crippen LogP contribution in [0.25, 0.3) is 0 Å². The fourth-order valence-electron chi connectivity index (χ4n) is 1.18. The van der Waals surface area contributed by atoms with Crippen molar-refractivity contribution in [2.24, 2.45) is 0 Å². The summed E-state index contributed by atoms with van der Waals surface area (Å²) in [6, 6.07) is 3.34. The number of carbonyl (C=O) groups is 1. The van der Waals surface area contributed by atoms with E-state index < -0.39 is 0 Å². The van der Waals surface area contributed by atoms with Crippen LogP contribution in [0.5, 0.6) is 5.75 Å². The van der Waals surface area contributed by atoms with Crippen LogP contribution in [-0.2, 0) is 6.61 Å². The van der Waals surface area contributed by atoms with Gasteiger partial charge in [0.05, 0.1) is 16.9 Å². The standard InChI is InChI=1S/C11H10N2O2S/c1-8-13-10(7-16-8)6-15-11-3-2-9(5-14)12-4-11/h2-5,7H,6H2,1H3. The molecule has 0 bridgehead atoms. The first-order valence-corrected chi connectivity index (χ1v) is 5.61. The van der Waals surface area contributed by atoms with Gasteiger partial charge in [0.2, 0.25) is 0 Å². The number of ether oxygens (including phenoxy) is 1. The molecule has 2 aromatic rings. The third-order valence-corrected chi connectivity index (χ3v) is 2.76. The highest BCUT2D eigenvalue weighted by atomic mass is 32.1. The maximum absolute atomic E-state index is 10.4. The SMILES string of the molecule is Cc1nc(COc2ccc(C=O)nc2)cs1. The zero-order valence-electron chi connectivity index (χ0n) is 8.71. The van der Waals surface area contributed by atoms with E-state index in [0.29, 0.717) is 24.3 Å². The molecule has 0 fully saturated rings. The van der Waals surface area contributed by atoms with Gasteiger partial charge in [0, 0.05) is 5.38 Å². The second-order valence-electron chi connectivity index (χ2n) is 3.18. The summed E-state index contributed by atoms with van der Waals surface area (Å²) in [6.07, 6.45) is 2.23. The van der Waals surface area contributed by atoms with Crippen molar-refractivity contribution in [3.8, 4) is 5.75 Å². The van der Waals surface area contributed by atoms with E-state index in [1.807, 2.05) is 12.3 Å². The van der Waals surface area contributed by atoms with Crippen LogP contribution in [0.15, 0.2) is 23.7 Å². The first-order valence-electron chi connectivity index (χ1n) is 4.73. The van der Waals surface area contributed by atoms with Gasteiger partial charge in [0.15, 0.2) is 6.29 Å². The van der Waals surface area contributed by atoms with Gasteiger partial charge in [0.25, 0.3) is 0 Å². The first kappa shape index (κ1) is 10.8. The summed E-state index contributed by atoms with van der Waals surface area (Å²) in [5.74, 6) is 0.635. The average molecular weight is 234 g/mol. The largest absolute Gasteiger partial charge is 0.486 e. The Kier molecular flexibility index (Phi) is 3.26. The van der Waals surface area contributed by atoms with E-state index in [1.165, 1.54) is 6.20 Å². The molecular formula is C11H10N2O2S. The number of aromatic nitrogens is 2. The number of nitrogens with zero attached hydrogens (tertiary/aromatic N) is 2. The molecule has 0 radical (unpaired) electrons. The van der Waals surface area contributed by atoms with Gasteiger partial charge in [-0.3, -0.25) is 4.79 Å². The summed E-state index contributed by atoms with van der Waals surface area (Å²) >= 11 is 1.59. The number of pyridine rings is 1. The molecule has 82 valence electrons. The van der Waals surface area contributed by atoms with Crippen LogP contribution in [0.3, 0.4) is 0 Å². The summed E-state index contributed by atoms with van der Waals surface area (Å²) in [6.45, 7) is 2.38. The second-order valence-corrected chi connectivity index (χ2v) is 4.25. The van der Waals surface area contributed by atoms with Gasteiger partial charge in [-0.15, -0.1) is 11.3 Å². The number of carbonyl (C=O) groups excluding carboxylic acids is 1. The van der Waals surface area contributed by atoms with Crippen molar-refractivity contribution in [2.45, 2.75) is 13.5 Å². The maximum Gasteiger partial charge on any atom is 0.168 e. The Bertz CT molecular complexity index is 479. The van der Waals surface area contributed by atoms with Crippen molar-refractivity contribution >= 4 is 17.6 Å². The lowest BCUT2D eigenvalue weighted by Gasteiger charge is -2.02. The lowest BCUT2D eigenvalue weighted by molar-refractivity contribution is 0.111. The average Bonchev–Trinajstić information content (AvgIpc) is 2.73. The molecule has 4 nitrogen and oxygen atoms in total. The minimum atomic E-state index is 0.400. The Morgan fingerprint density at radius 3 is 2.94 bits per heavy atom. The van der Waals surface area contributed by atoms with Crippen molar-refractivity contribution in [1.29, 1.82) is 0 Å². The molecule has 2 aromatic heterocycles. The van der Waals surface area contributed by atoms with E-state index in [1.54, 1.807) is 23.5 Å². The minimum absolute atomic E-state index is 0.400. The van der Waals surface area contributed by atoms with Gasteiger partial charge in [-0.1, -0.05) is 0 Å². The number of hydrogen-bond donors (Lipinski definition) is 0. The van der Waals surface area contributed by atoms with Crippen LogP contribution in [-0.4, -0.2) is 16.3 Å². The van der Waals surface area contributed by atoms with E-state index in [0.717, 1.165) is 10.7 Å². The van der Waals surface area contributed by atoms with Gasteiger partial charge >= 0.3 is 0 Å². The van der Waals surface area contributed by atoms with Gasteiger partial charge in [-0.2, -0.15) is 0 Å². The summed E-state index contributed by atoms with van der Waals surface area (Å²) in [5.41, 5.74) is 1.30. The molecule has 16 heavy (non-hydrogen) atoms.